The van der Waals surface area contributed by atoms with Gasteiger partial charge in [0.2, 0.25) is 5.91 Å². The lowest BCUT2D eigenvalue weighted by Crippen LogP contribution is -2.47. The Morgan fingerprint density at radius 3 is 2.61 bits per heavy atom. The maximum Gasteiger partial charge on any atom is 0.282 e. The van der Waals surface area contributed by atoms with Crippen molar-refractivity contribution in [1.29, 1.82) is 0 Å². The van der Waals surface area contributed by atoms with Gasteiger partial charge >= 0.3 is 0 Å². The Morgan fingerprint density at radius 2 is 1.93 bits per heavy atom. The number of nitrogens with zero attached hydrogens (tertiary/aromatic N) is 1. The third kappa shape index (κ3) is 3.51. The molecule has 0 radical (unpaired) electrons. The summed E-state index contributed by atoms with van der Waals surface area (Å²) in [5.74, 6) is -4.20. The van der Waals surface area contributed by atoms with Crippen molar-refractivity contribution in [2.45, 2.75) is 37.3 Å². The Labute approximate surface area is 166 Å². The van der Waals surface area contributed by atoms with Crippen LogP contribution >= 0.6 is 11.6 Å². The van der Waals surface area contributed by atoms with Gasteiger partial charge in [-0.25, -0.2) is 13.2 Å². The second-order valence-electron chi connectivity index (χ2n) is 7.59. The molecule has 1 saturated carbocycles. The van der Waals surface area contributed by atoms with Crippen LogP contribution in [0.1, 0.15) is 18.4 Å². The van der Waals surface area contributed by atoms with Crippen LogP contribution in [0.3, 0.4) is 0 Å². The molecule has 2 aliphatic rings. The van der Waals surface area contributed by atoms with E-state index in [1.165, 1.54) is 0 Å². The highest BCUT2D eigenvalue weighted by Gasteiger charge is 2.55. The Morgan fingerprint density at radius 1 is 1.21 bits per heavy atom. The van der Waals surface area contributed by atoms with Crippen LogP contribution < -0.4 is 5.73 Å². The predicted octanol–water partition coefficient (Wildman–Crippen LogP) is 4.27. The third-order valence-corrected chi connectivity index (χ3v) is 5.77. The van der Waals surface area contributed by atoms with Crippen LogP contribution in [0.4, 0.5) is 13.2 Å². The standard InChI is InChI=1S/C21H20ClF3N2O/c22-15-5-1-3-13(9-15)16-6-2-4-14(18(16)23)10-17-19(26)21(24,25)11-27(17)20(28)12-7-8-12/h1-6,9,12,17,19H,7-8,10-11,26H2/t17-,19+/m0/s1. The van der Waals surface area contributed by atoms with E-state index in [0.717, 1.165) is 4.90 Å². The van der Waals surface area contributed by atoms with Crippen LogP contribution in [0.25, 0.3) is 11.1 Å². The first kappa shape index (κ1) is 19.3. The van der Waals surface area contributed by atoms with Crippen molar-refractivity contribution >= 4 is 17.5 Å². The van der Waals surface area contributed by atoms with Crippen LogP contribution in [0.15, 0.2) is 42.5 Å². The van der Waals surface area contributed by atoms with Crippen LogP contribution in [0.5, 0.6) is 0 Å². The topological polar surface area (TPSA) is 46.3 Å². The molecule has 0 spiro atoms. The third-order valence-electron chi connectivity index (χ3n) is 5.54. The van der Waals surface area contributed by atoms with E-state index in [0.29, 0.717) is 29.0 Å². The number of likely N-dealkylation sites (tertiary alicyclic amines) is 1. The molecule has 1 aliphatic heterocycles. The van der Waals surface area contributed by atoms with E-state index in [4.69, 9.17) is 17.3 Å². The van der Waals surface area contributed by atoms with E-state index in [1.807, 2.05) is 0 Å². The van der Waals surface area contributed by atoms with E-state index in [9.17, 15) is 13.6 Å². The molecule has 4 rings (SSSR count). The van der Waals surface area contributed by atoms with E-state index in [1.54, 1.807) is 42.5 Å². The van der Waals surface area contributed by atoms with E-state index >= 15 is 4.39 Å². The maximum absolute atomic E-state index is 15.2. The summed E-state index contributed by atoms with van der Waals surface area (Å²) in [6.45, 7) is -0.705. The molecule has 0 unspecified atom stereocenters. The molecule has 2 aromatic rings. The minimum atomic E-state index is -3.18. The van der Waals surface area contributed by atoms with Crippen molar-refractivity contribution in [2.24, 2.45) is 11.7 Å². The second-order valence-corrected chi connectivity index (χ2v) is 8.02. The summed E-state index contributed by atoms with van der Waals surface area (Å²) in [5.41, 5.74) is 6.97. The number of rotatable bonds is 4. The summed E-state index contributed by atoms with van der Waals surface area (Å²) in [6, 6.07) is 9.14. The zero-order valence-electron chi connectivity index (χ0n) is 15.0. The zero-order chi connectivity index (χ0) is 20.1. The number of hydrogen-bond acceptors (Lipinski definition) is 2. The highest BCUT2D eigenvalue weighted by atomic mass is 35.5. The van der Waals surface area contributed by atoms with E-state index < -0.39 is 30.4 Å². The molecule has 1 heterocycles. The van der Waals surface area contributed by atoms with Gasteiger partial charge in [0.05, 0.1) is 18.6 Å². The Hall–Kier alpha value is -2.05. The molecular weight excluding hydrogens is 389 g/mol. The van der Waals surface area contributed by atoms with Gasteiger partial charge in [0.1, 0.15) is 5.82 Å². The van der Waals surface area contributed by atoms with Crippen molar-refractivity contribution in [3.63, 3.8) is 0 Å². The molecule has 1 amide bonds. The molecule has 28 heavy (non-hydrogen) atoms. The van der Waals surface area contributed by atoms with Crippen molar-refractivity contribution in [3.8, 4) is 11.1 Å². The quantitative estimate of drug-likeness (QED) is 0.821. The smallest absolute Gasteiger partial charge is 0.282 e. The first-order chi connectivity index (χ1) is 13.3. The normalized spacial score (nSPS) is 23.8. The van der Waals surface area contributed by atoms with Gasteiger partial charge in [-0.3, -0.25) is 4.79 Å². The van der Waals surface area contributed by atoms with Crippen molar-refractivity contribution in [3.05, 3.63) is 58.9 Å². The number of nitrogens with two attached hydrogens (primary N) is 1. The van der Waals surface area contributed by atoms with Gasteiger partial charge in [0, 0.05) is 16.5 Å². The Balaban J connectivity index is 1.65. The van der Waals surface area contributed by atoms with Gasteiger partial charge in [-0.15, -0.1) is 0 Å². The van der Waals surface area contributed by atoms with Crippen LogP contribution in [0.2, 0.25) is 5.02 Å². The Kier molecular flexibility index (Phi) is 4.88. The SMILES string of the molecule is N[C@@H]1[C@H](Cc2cccc(-c3cccc(Cl)c3)c2F)N(C(=O)C2CC2)CC1(F)F. The lowest BCUT2D eigenvalue weighted by molar-refractivity contribution is -0.134. The average molecular weight is 409 g/mol. The molecule has 7 heteroatoms. The summed E-state index contributed by atoms with van der Waals surface area (Å²) in [5, 5.41) is 0.473. The minimum absolute atomic E-state index is 0.0601. The molecule has 2 N–H and O–H groups in total. The number of carbonyl (C=O) groups is 1. The summed E-state index contributed by atoms with van der Waals surface area (Å²) in [7, 11) is 0. The summed E-state index contributed by atoms with van der Waals surface area (Å²) in [6.07, 6.45) is 1.36. The lowest BCUT2D eigenvalue weighted by atomic mass is 9.95. The first-order valence-corrected chi connectivity index (χ1v) is 9.63. The Bertz CT molecular complexity index is 916. The van der Waals surface area contributed by atoms with Crippen molar-refractivity contribution in [1.82, 2.24) is 4.90 Å². The number of amides is 1. The van der Waals surface area contributed by atoms with Crippen LogP contribution in [0, 0.1) is 11.7 Å². The lowest BCUT2D eigenvalue weighted by Gasteiger charge is -2.26. The molecule has 2 aromatic carbocycles. The molecule has 1 aliphatic carbocycles. The van der Waals surface area contributed by atoms with Gasteiger partial charge in [-0.2, -0.15) is 0 Å². The fourth-order valence-corrected chi connectivity index (χ4v) is 4.00. The molecule has 0 aromatic heterocycles. The number of hydrogen-bond donors (Lipinski definition) is 1. The molecule has 2 atom stereocenters. The van der Waals surface area contributed by atoms with Crippen LogP contribution in [-0.2, 0) is 11.2 Å². The predicted molar refractivity (Wildman–Crippen MR) is 102 cm³/mol. The highest BCUT2D eigenvalue weighted by Crippen LogP contribution is 2.39. The van der Waals surface area contributed by atoms with Gasteiger partial charge in [0.25, 0.3) is 5.92 Å². The number of carbonyl (C=O) groups excluding carboxylic acids is 1. The van der Waals surface area contributed by atoms with E-state index in [-0.39, 0.29) is 23.8 Å². The first-order valence-electron chi connectivity index (χ1n) is 9.25. The van der Waals surface area contributed by atoms with Gasteiger partial charge in [0.15, 0.2) is 0 Å². The average Bonchev–Trinajstić information content (AvgIpc) is 3.46. The molecule has 0 bridgehead atoms. The number of benzene rings is 2. The molecular formula is C21H20ClF3N2O. The molecule has 1 saturated heterocycles. The molecule has 148 valence electrons. The highest BCUT2D eigenvalue weighted by molar-refractivity contribution is 6.30. The van der Waals surface area contributed by atoms with Gasteiger partial charge in [-0.1, -0.05) is 41.9 Å². The summed E-state index contributed by atoms with van der Waals surface area (Å²) >= 11 is 6.00. The zero-order valence-corrected chi connectivity index (χ0v) is 15.8. The number of alkyl halides is 2. The minimum Gasteiger partial charge on any atom is -0.331 e. The van der Waals surface area contributed by atoms with Crippen molar-refractivity contribution < 1.29 is 18.0 Å². The van der Waals surface area contributed by atoms with Crippen molar-refractivity contribution in [2.75, 3.05) is 6.54 Å². The fraction of sp³-hybridized carbons (Fsp3) is 0.381. The number of halogens is 4. The van der Waals surface area contributed by atoms with E-state index in [2.05, 4.69) is 0 Å². The summed E-state index contributed by atoms with van der Waals surface area (Å²) < 4.78 is 43.7. The fourth-order valence-electron chi connectivity index (χ4n) is 3.81. The maximum atomic E-state index is 15.2. The van der Waals surface area contributed by atoms with Crippen LogP contribution in [-0.4, -0.2) is 35.4 Å². The van der Waals surface area contributed by atoms with Gasteiger partial charge < -0.3 is 10.6 Å². The summed E-state index contributed by atoms with van der Waals surface area (Å²) in [4.78, 5) is 13.6. The largest absolute Gasteiger partial charge is 0.331 e. The second kappa shape index (κ2) is 7.08. The molecule has 3 nitrogen and oxygen atoms in total. The van der Waals surface area contributed by atoms with Gasteiger partial charge in [-0.05, 0) is 42.5 Å². The monoisotopic (exact) mass is 408 g/mol. The molecule has 2 fully saturated rings.